The number of fused-ring (bicyclic) bond motifs is 1. The molecule has 2 aromatic carbocycles. The van der Waals surface area contributed by atoms with Crippen molar-refractivity contribution in [2.24, 2.45) is 7.05 Å². The van der Waals surface area contributed by atoms with Gasteiger partial charge in [0.25, 0.3) is 11.7 Å². The molecule has 4 aromatic rings. The third kappa shape index (κ3) is 4.29. The van der Waals surface area contributed by atoms with E-state index in [1.165, 1.54) is 5.56 Å². The summed E-state index contributed by atoms with van der Waals surface area (Å²) >= 11 is 0. The second-order valence-electron chi connectivity index (χ2n) is 8.82. The lowest BCUT2D eigenvalue weighted by Crippen LogP contribution is -2.40. The number of hydrogen-bond acceptors (Lipinski definition) is 5. The van der Waals surface area contributed by atoms with Crippen LogP contribution in [-0.2, 0) is 11.8 Å². The average Bonchev–Trinajstić information content (AvgIpc) is 3.20. The summed E-state index contributed by atoms with van der Waals surface area (Å²) in [4.78, 5) is 36.6. The van der Waals surface area contributed by atoms with Crippen LogP contribution in [0.15, 0.2) is 60.9 Å². The van der Waals surface area contributed by atoms with Crippen LogP contribution in [0, 0.1) is 6.92 Å². The fourth-order valence-corrected chi connectivity index (χ4v) is 4.44. The first-order valence-electron chi connectivity index (χ1n) is 11.6. The zero-order chi connectivity index (χ0) is 23.7. The largest absolute Gasteiger partial charge is 0.350 e. The van der Waals surface area contributed by atoms with Gasteiger partial charge < -0.3 is 14.8 Å². The first-order chi connectivity index (χ1) is 16.5. The molecule has 1 amide bonds. The second kappa shape index (κ2) is 9.09. The van der Waals surface area contributed by atoms with Crippen molar-refractivity contribution in [3.05, 3.63) is 72.1 Å². The molecule has 0 radical (unpaired) electrons. The number of Topliss-reactive ketones (excluding diaryl/α,β-unsaturated/α-hetero) is 1. The highest BCUT2D eigenvalue weighted by Crippen LogP contribution is 2.27. The number of likely N-dealkylation sites (tertiary alicyclic amines) is 1. The summed E-state index contributed by atoms with van der Waals surface area (Å²) in [5.41, 5.74) is 5.08. The number of aryl methyl sites for hydroxylation is 2. The minimum absolute atomic E-state index is 0.417. The number of benzene rings is 2. The van der Waals surface area contributed by atoms with Crippen LogP contribution in [0.3, 0.4) is 0 Å². The van der Waals surface area contributed by atoms with Gasteiger partial charge in [-0.15, -0.1) is 0 Å². The number of amides is 1. The molecule has 1 fully saturated rings. The third-order valence-electron chi connectivity index (χ3n) is 6.33. The zero-order valence-electron chi connectivity index (χ0n) is 19.4. The highest BCUT2D eigenvalue weighted by molar-refractivity contribution is 6.45. The molecule has 3 heterocycles. The molecule has 1 N–H and O–H groups in total. The number of hydrogen-bond donors (Lipinski definition) is 1. The van der Waals surface area contributed by atoms with Crippen molar-refractivity contribution in [3.63, 3.8) is 0 Å². The van der Waals surface area contributed by atoms with Crippen LogP contribution in [0.25, 0.3) is 22.2 Å². The molecule has 7 heteroatoms. The predicted molar refractivity (Wildman–Crippen MR) is 133 cm³/mol. The fourth-order valence-electron chi connectivity index (χ4n) is 4.44. The van der Waals surface area contributed by atoms with Gasteiger partial charge in [-0.25, -0.2) is 9.97 Å². The Bertz CT molecular complexity index is 1370. The highest BCUT2D eigenvalue weighted by atomic mass is 16.2. The number of ketones is 1. The Labute approximate surface area is 198 Å². The number of carbonyl (C=O) groups is 2. The average molecular weight is 454 g/mol. The van der Waals surface area contributed by atoms with Crippen LogP contribution >= 0.6 is 0 Å². The summed E-state index contributed by atoms with van der Waals surface area (Å²) in [6.07, 6.45) is 6.47. The molecule has 1 aliphatic heterocycles. The maximum Gasteiger partial charge on any atom is 0.295 e. The van der Waals surface area contributed by atoms with E-state index in [1.54, 1.807) is 17.3 Å². The fraction of sp³-hybridized carbons (Fsp3) is 0.259. The molecule has 172 valence electrons. The van der Waals surface area contributed by atoms with Crippen molar-refractivity contribution < 1.29 is 9.59 Å². The Morgan fingerprint density at radius 3 is 2.50 bits per heavy atom. The van der Waals surface area contributed by atoms with Crippen LogP contribution in [0.1, 0.15) is 35.2 Å². The van der Waals surface area contributed by atoms with Gasteiger partial charge in [0.05, 0.1) is 11.3 Å². The van der Waals surface area contributed by atoms with Gasteiger partial charge in [0.2, 0.25) is 5.95 Å². The van der Waals surface area contributed by atoms with E-state index < -0.39 is 11.7 Å². The van der Waals surface area contributed by atoms with Crippen LogP contribution in [0.2, 0.25) is 0 Å². The molecule has 0 unspecified atom stereocenters. The lowest BCUT2D eigenvalue weighted by atomic mass is 10.1. The molecule has 0 saturated carbocycles. The quantitative estimate of drug-likeness (QED) is 0.344. The van der Waals surface area contributed by atoms with Crippen LogP contribution in [-0.4, -0.2) is 44.2 Å². The van der Waals surface area contributed by atoms with Gasteiger partial charge in [0.1, 0.15) is 0 Å². The number of rotatable bonds is 5. The molecule has 5 rings (SSSR count). The van der Waals surface area contributed by atoms with Gasteiger partial charge in [0, 0.05) is 54.7 Å². The van der Waals surface area contributed by atoms with Crippen LogP contribution in [0.4, 0.5) is 11.6 Å². The molecule has 0 atom stereocenters. The van der Waals surface area contributed by atoms with Gasteiger partial charge >= 0.3 is 0 Å². The number of carbonyl (C=O) groups excluding carboxylic acids is 2. The molecular weight excluding hydrogens is 426 g/mol. The molecular formula is C27H27N5O2. The van der Waals surface area contributed by atoms with E-state index in [0.717, 1.165) is 47.1 Å². The van der Waals surface area contributed by atoms with E-state index in [2.05, 4.69) is 34.3 Å². The van der Waals surface area contributed by atoms with Crippen molar-refractivity contribution in [3.8, 4) is 11.3 Å². The summed E-state index contributed by atoms with van der Waals surface area (Å²) in [5, 5.41) is 3.98. The Morgan fingerprint density at radius 1 is 0.971 bits per heavy atom. The number of nitrogens with one attached hydrogen (secondary N) is 1. The van der Waals surface area contributed by atoms with Crippen molar-refractivity contribution in [1.29, 1.82) is 0 Å². The molecule has 0 spiro atoms. The number of aromatic nitrogens is 3. The van der Waals surface area contributed by atoms with Crippen molar-refractivity contribution in [2.75, 3.05) is 18.4 Å². The third-order valence-corrected chi connectivity index (χ3v) is 6.33. The van der Waals surface area contributed by atoms with Crippen molar-refractivity contribution >= 4 is 34.2 Å². The van der Waals surface area contributed by atoms with Crippen molar-refractivity contribution in [2.45, 2.75) is 26.2 Å². The summed E-state index contributed by atoms with van der Waals surface area (Å²) in [6, 6.07) is 15.8. The highest BCUT2D eigenvalue weighted by Gasteiger charge is 2.27. The molecule has 34 heavy (non-hydrogen) atoms. The minimum atomic E-state index is -0.456. The summed E-state index contributed by atoms with van der Waals surface area (Å²) in [6.45, 7) is 3.35. The topological polar surface area (TPSA) is 80.1 Å². The van der Waals surface area contributed by atoms with E-state index in [9.17, 15) is 9.59 Å². The van der Waals surface area contributed by atoms with E-state index in [4.69, 9.17) is 0 Å². The molecule has 0 bridgehead atoms. The smallest absolute Gasteiger partial charge is 0.295 e. The normalized spacial score (nSPS) is 13.8. The predicted octanol–water partition coefficient (Wildman–Crippen LogP) is 4.88. The monoisotopic (exact) mass is 453 g/mol. The molecule has 7 nitrogen and oxygen atoms in total. The summed E-state index contributed by atoms with van der Waals surface area (Å²) in [5.74, 6) is -0.410. The Balaban J connectivity index is 1.43. The molecule has 0 aliphatic carbocycles. The number of nitrogens with zero attached hydrogens (tertiary/aromatic N) is 4. The Hall–Kier alpha value is -4.00. The Morgan fingerprint density at radius 2 is 1.74 bits per heavy atom. The first-order valence-corrected chi connectivity index (χ1v) is 11.6. The van der Waals surface area contributed by atoms with Crippen LogP contribution < -0.4 is 5.32 Å². The zero-order valence-corrected chi connectivity index (χ0v) is 19.4. The van der Waals surface area contributed by atoms with Crippen molar-refractivity contribution in [1.82, 2.24) is 19.4 Å². The Kier molecular flexibility index (Phi) is 5.84. The molecule has 2 aromatic heterocycles. The minimum Gasteiger partial charge on any atom is -0.350 e. The lowest BCUT2D eigenvalue weighted by Gasteiger charge is -2.25. The van der Waals surface area contributed by atoms with E-state index in [0.29, 0.717) is 24.6 Å². The summed E-state index contributed by atoms with van der Waals surface area (Å²) in [7, 11) is 1.88. The SMILES string of the molecule is Cc1ccc(-c2ccnc(Nc3ccc4c(c3)c(C(=O)C(=O)N3CCCCC3)cn4C)n2)cc1. The van der Waals surface area contributed by atoms with E-state index in [-0.39, 0.29) is 0 Å². The maximum atomic E-state index is 13.1. The number of anilines is 2. The lowest BCUT2D eigenvalue weighted by molar-refractivity contribution is -0.127. The van der Waals surface area contributed by atoms with Gasteiger partial charge in [0.15, 0.2) is 0 Å². The molecule has 1 saturated heterocycles. The standard InChI is InChI=1S/C27H27N5O2/c1-18-6-8-19(9-7-18)23-12-13-28-27(30-23)29-20-10-11-24-21(16-20)22(17-31(24)2)25(33)26(34)32-14-4-3-5-15-32/h6-13,16-17H,3-5,14-15H2,1-2H3,(H,28,29,30). The van der Waals surface area contributed by atoms with E-state index in [1.807, 2.05) is 48.0 Å². The maximum absolute atomic E-state index is 13.1. The van der Waals surface area contributed by atoms with E-state index >= 15 is 0 Å². The molecule has 1 aliphatic rings. The van der Waals surface area contributed by atoms with Gasteiger partial charge in [-0.1, -0.05) is 29.8 Å². The van der Waals surface area contributed by atoms with Gasteiger partial charge in [-0.3, -0.25) is 9.59 Å². The van der Waals surface area contributed by atoms with Crippen LogP contribution in [0.5, 0.6) is 0 Å². The summed E-state index contributed by atoms with van der Waals surface area (Å²) < 4.78 is 1.88. The number of piperidine rings is 1. The van der Waals surface area contributed by atoms with Gasteiger partial charge in [-0.05, 0) is 50.5 Å². The second-order valence-corrected chi connectivity index (χ2v) is 8.82. The van der Waals surface area contributed by atoms with Gasteiger partial charge in [-0.2, -0.15) is 0 Å². The first kappa shape index (κ1) is 21.8.